The van der Waals surface area contributed by atoms with Crippen LogP contribution in [-0.4, -0.2) is 33.1 Å². The van der Waals surface area contributed by atoms with Gasteiger partial charge in [-0.05, 0) is 47.0 Å². The molecule has 0 saturated carbocycles. The number of rotatable bonds is 7. The fourth-order valence-electron chi connectivity index (χ4n) is 3.76. The smallest absolute Gasteiger partial charge is 0.416 e. The second kappa shape index (κ2) is 10.5. The van der Waals surface area contributed by atoms with Gasteiger partial charge in [0.1, 0.15) is 17.7 Å². The summed E-state index contributed by atoms with van der Waals surface area (Å²) < 4.78 is 52.5. The molecule has 0 bridgehead atoms. The molecule has 12 heteroatoms. The van der Waals surface area contributed by atoms with Crippen molar-refractivity contribution < 1.29 is 32.3 Å². The monoisotopic (exact) mass is 534 g/mol. The second-order valence-electron chi connectivity index (χ2n) is 8.17. The van der Waals surface area contributed by atoms with Crippen molar-refractivity contribution in [1.29, 1.82) is 0 Å². The molecule has 0 aliphatic heterocycles. The molecule has 0 saturated heterocycles. The quantitative estimate of drug-likeness (QED) is 0.234. The summed E-state index contributed by atoms with van der Waals surface area (Å²) in [5.74, 6) is -0.900. The van der Waals surface area contributed by atoms with Crippen LogP contribution in [0.5, 0.6) is 0 Å². The Morgan fingerprint density at radius 3 is 2.49 bits per heavy atom. The third-order valence-electron chi connectivity index (χ3n) is 5.52. The minimum absolute atomic E-state index is 0.0136. The fraction of sp³-hybridized carbons (Fsp3) is 0.160. The van der Waals surface area contributed by atoms with Gasteiger partial charge in [-0.2, -0.15) is 13.2 Å². The highest BCUT2D eigenvalue weighted by Gasteiger charge is 2.31. The predicted molar refractivity (Wildman–Crippen MR) is 128 cm³/mol. The first-order chi connectivity index (χ1) is 17.5. The molecule has 7 nitrogen and oxygen atoms in total. The van der Waals surface area contributed by atoms with E-state index in [0.717, 1.165) is 17.7 Å². The molecule has 1 heterocycles. The Morgan fingerprint density at radius 2 is 1.78 bits per heavy atom. The molecule has 4 aromatic rings. The number of nitrogens with zero attached hydrogens (tertiary/aromatic N) is 1. The van der Waals surface area contributed by atoms with Crippen LogP contribution in [-0.2, 0) is 23.9 Å². The molecule has 0 unspecified atom stereocenters. The van der Waals surface area contributed by atoms with Crippen LogP contribution in [0.25, 0.3) is 22.2 Å². The number of carbonyl (C=O) groups is 2. The first-order valence-corrected chi connectivity index (χ1v) is 11.2. The maximum absolute atomic E-state index is 13.5. The first-order valence-electron chi connectivity index (χ1n) is 10.9. The summed E-state index contributed by atoms with van der Waals surface area (Å²) in [5, 5.41) is 13.7. The van der Waals surface area contributed by atoms with E-state index < -0.39 is 35.6 Å². The molecule has 2 amide bonds. The van der Waals surface area contributed by atoms with Crippen molar-refractivity contribution in [2.45, 2.75) is 25.2 Å². The second-order valence-corrected chi connectivity index (χ2v) is 8.57. The number of aromatic amines is 1. The molecule has 4 N–H and O–H groups in total. The third kappa shape index (κ3) is 6.36. The van der Waals surface area contributed by atoms with Crippen molar-refractivity contribution in [2.75, 3.05) is 0 Å². The van der Waals surface area contributed by atoms with E-state index in [4.69, 9.17) is 16.7 Å². The summed E-state index contributed by atoms with van der Waals surface area (Å²) in [7, 11) is 0. The highest BCUT2D eigenvalue weighted by Crippen LogP contribution is 2.30. The molecular formula is C25H19ClF4N4O3. The van der Waals surface area contributed by atoms with E-state index in [1.165, 1.54) is 24.3 Å². The number of imidazole rings is 1. The highest BCUT2D eigenvalue weighted by molar-refractivity contribution is 6.31. The molecule has 3 aromatic carbocycles. The number of carboxylic acid groups (broad SMARTS) is 1. The van der Waals surface area contributed by atoms with Crippen molar-refractivity contribution in [3.8, 4) is 11.1 Å². The SMILES string of the molecule is O=C(O)N[C@H](Cc1cccc(C(F)(F)F)c1)C(=O)NCc1nc2ccc(-c3ccc(F)c(Cl)c3)cc2[nH]1. The van der Waals surface area contributed by atoms with Gasteiger partial charge in [0.15, 0.2) is 0 Å². The number of halogens is 5. The van der Waals surface area contributed by atoms with Gasteiger partial charge in [0, 0.05) is 6.42 Å². The molecule has 0 spiro atoms. The third-order valence-corrected chi connectivity index (χ3v) is 5.81. The van der Waals surface area contributed by atoms with E-state index in [2.05, 4.69) is 15.3 Å². The molecule has 0 aliphatic carbocycles. The zero-order chi connectivity index (χ0) is 26.7. The number of fused-ring (bicyclic) bond motifs is 1. The van der Waals surface area contributed by atoms with Gasteiger partial charge in [-0.25, -0.2) is 14.2 Å². The molecule has 37 heavy (non-hydrogen) atoms. The number of nitrogens with one attached hydrogen (secondary N) is 3. The molecule has 1 aromatic heterocycles. The number of aromatic nitrogens is 2. The largest absolute Gasteiger partial charge is 0.465 e. The first kappa shape index (κ1) is 26.0. The van der Waals surface area contributed by atoms with Crippen molar-refractivity contribution in [3.05, 3.63) is 88.5 Å². The topological polar surface area (TPSA) is 107 Å². The molecule has 0 fully saturated rings. The van der Waals surface area contributed by atoms with Crippen LogP contribution >= 0.6 is 11.6 Å². The van der Waals surface area contributed by atoms with Crippen molar-refractivity contribution in [1.82, 2.24) is 20.6 Å². The summed E-state index contributed by atoms with van der Waals surface area (Å²) in [6.07, 6.45) is -6.35. The minimum Gasteiger partial charge on any atom is -0.465 e. The Kier molecular flexibility index (Phi) is 7.35. The van der Waals surface area contributed by atoms with E-state index in [1.807, 2.05) is 5.32 Å². The number of amides is 2. The van der Waals surface area contributed by atoms with E-state index >= 15 is 0 Å². The lowest BCUT2D eigenvalue weighted by molar-refractivity contribution is -0.137. The van der Waals surface area contributed by atoms with Gasteiger partial charge in [0.2, 0.25) is 5.91 Å². The zero-order valence-corrected chi connectivity index (χ0v) is 19.6. The lowest BCUT2D eigenvalue weighted by atomic mass is 10.0. The van der Waals surface area contributed by atoms with Crippen LogP contribution in [0.3, 0.4) is 0 Å². The number of alkyl halides is 3. The summed E-state index contributed by atoms with van der Waals surface area (Å²) in [5.41, 5.74) is 1.90. The Labute approximate surface area is 212 Å². The van der Waals surface area contributed by atoms with Gasteiger partial charge >= 0.3 is 12.3 Å². The standard InChI is InChI=1S/C25H19ClF4N4O3/c26-17-10-14(4-6-18(17)27)15-5-7-19-20(11-15)33-22(32-19)12-31-23(35)21(34-24(36)37)9-13-2-1-3-16(8-13)25(28,29)30/h1-8,10-11,21,34H,9,12H2,(H,31,35)(H,32,33)(H,36,37)/t21-/m1/s1. The lowest BCUT2D eigenvalue weighted by Crippen LogP contribution is -2.47. The Balaban J connectivity index is 1.47. The van der Waals surface area contributed by atoms with E-state index in [-0.39, 0.29) is 23.6 Å². The number of carbonyl (C=O) groups excluding carboxylic acids is 1. The number of benzene rings is 3. The van der Waals surface area contributed by atoms with Crippen LogP contribution in [0.2, 0.25) is 5.02 Å². The maximum Gasteiger partial charge on any atom is 0.416 e. The van der Waals surface area contributed by atoms with Crippen molar-refractivity contribution in [2.24, 2.45) is 0 Å². The summed E-state index contributed by atoms with van der Waals surface area (Å²) in [4.78, 5) is 31.3. The highest BCUT2D eigenvalue weighted by atomic mass is 35.5. The average Bonchev–Trinajstić information content (AvgIpc) is 3.25. The van der Waals surface area contributed by atoms with E-state index in [9.17, 15) is 27.2 Å². The number of hydrogen-bond donors (Lipinski definition) is 4. The van der Waals surface area contributed by atoms with Gasteiger partial charge in [0.25, 0.3) is 0 Å². The van der Waals surface area contributed by atoms with Crippen LogP contribution in [0.1, 0.15) is 17.0 Å². The summed E-state index contributed by atoms with van der Waals surface area (Å²) >= 11 is 5.87. The van der Waals surface area contributed by atoms with Gasteiger partial charge in [-0.1, -0.05) is 41.9 Å². The Morgan fingerprint density at radius 1 is 1.05 bits per heavy atom. The van der Waals surface area contributed by atoms with Crippen LogP contribution < -0.4 is 10.6 Å². The van der Waals surface area contributed by atoms with Gasteiger partial charge in [-0.15, -0.1) is 0 Å². The summed E-state index contributed by atoms with van der Waals surface area (Å²) in [6.45, 7) is -0.0917. The normalized spacial score (nSPS) is 12.4. The number of hydrogen-bond acceptors (Lipinski definition) is 3. The van der Waals surface area contributed by atoms with E-state index in [0.29, 0.717) is 22.4 Å². The van der Waals surface area contributed by atoms with Gasteiger partial charge < -0.3 is 20.7 Å². The minimum atomic E-state index is -4.57. The molecular weight excluding hydrogens is 516 g/mol. The van der Waals surface area contributed by atoms with Crippen molar-refractivity contribution >= 4 is 34.6 Å². The fourth-order valence-corrected chi connectivity index (χ4v) is 3.94. The Hall–Kier alpha value is -4.12. The van der Waals surface area contributed by atoms with Crippen LogP contribution in [0, 0.1) is 5.82 Å². The molecule has 192 valence electrons. The van der Waals surface area contributed by atoms with Crippen LogP contribution in [0.15, 0.2) is 60.7 Å². The van der Waals surface area contributed by atoms with Crippen LogP contribution in [0.4, 0.5) is 22.4 Å². The molecule has 0 radical (unpaired) electrons. The molecule has 4 rings (SSSR count). The molecule has 0 aliphatic rings. The van der Waals surface area contributed by atoms with Gasteiger partial charge in [-0.3, -0.25) is 4.79 Å². The maximum atomic E-state index is 13.5. The van der Waals surface area contributed by atoms with Crippen molar-refractivity contribution in [3.63, 3.8) is 0 Å². The number of H-pyrrole nitrogens is 1. The van der Waals surface area contributed by atoms with Gasteiger partial charge in [0.05, 0.1) is 28.2 Å². The lowest BCUT2D eigenvalue weighted by Gasteiger charge is -2.17. The van der Waals surface area contributed by atoms with E-state index in [1.54, 1.807) is 24.3 Å². The Bertz CT molecular complexity index is 1470. The predicted octanol–water partition coefficient (Wildman–Crippen LogP) is 5.54. The summed E-state index contributed by atoms with van der Waals surface area (Å²) in [6, 6.07) is 12.6. The zero-order valence-electron chi connectivity index (χ0n) is 18.9. The molecule has 1 atom stereocenters. The average molecular weight is 535 g/mol.